The van der Waals surface area contributed by atoms with Crippen LogP contribution in [0.15, 0.2) is 70.6 Å². The van der Waals surface area contributed by atoms with Crippen molar-refractivity contribution in [1.82, 2.24) is 9.66 Å². The maximum atomic E-state index is 13.4. The molecule has 0 aliphatic rings. The van der Waals surface area contributed by atoms with Crippen molar-refractivity contribution in [1.29, 1.82) is 0 Å². The molecule has 204 valence electrons. The molecule has 4 aromatic rings. The van der Waals surface area contributed by atoms with E-state index >= 15 is 0 Å². The summed E-state index contributed by atoms with van der Waals surface area (Å²) in [5.41, 5.74) is 0.0294. The first-order chi connectivity index (χ1) is 18.3. The molecule has 0 radical (unpaired) electrons. The molecule has 0 fully saturated rings. The molecule has 7 nitrogen and oxygen atoms in total. The summed E-state index contributed by atoms with van der Waals surface area (Å²) in [6.45, 7) is 0. The Balaban J connectivity index is 1.77. The van der Waals surface area contributed by atoms with Gasteiger partial charge in [-0.05, 0) is 47.5 Å². The number of benzene rings is 3. The van der Waals surface area contributed by atoms with Gasteiger partial charge in [0.05, 0.1) is 33.5 Å². The first kappa shape index (κ1) is 29.1. The highest BCUT2D eigenvalue weighted by molar-refractivity contribution is 7.99. The predicted molar refractivity (Wildman–Crippen MR) is 148 cm³/mol. The molecule has 14 heteroatoms. The van der Waals surface area contributed by atoms with E-state index in [0.717, 1.165) is 28.6 Å². The van der Waals surface area contributed by atoms with E-state index in [9.17, 15) is 26.4 Å². The summed E-state index contributed by atoms with van der Waals surface area (Å²) in [7, 11) is -4.07. The van der Waals surface area contributed by atoms with Crippen LogP contribution in [0.25, 0.3) is 22.3 Å². The average Bonchev–Trinajstić information content (AvgIpc) is 2.86. The molecule has 1 N–H and O–H groups in total. The Bertz CT molecular complexity index is 1740. The summed E-state index contributed by atoms with van der Waals surface area (Å²) in [4.78, 5) is 18.0. The summed E-state index contributed by atoms with van der Waals surface area (Å²) < 4.78 is 71.7. The fourth-order valence-corrected chi connectivity index (χ4v) is 5.83. The predicted octanol–water partition coefficient (Wildman–Crippen LogP) is 6.39. The SMILES string of the molecule is O=c1c2cc(Cl)ccc2nc(-c2cccc(CSCCS(=O)(=O)O)c2)n1/N=C/c1ccc(Cl)c(C(F)(F)F)c1. The molecule has 4 rings (SSSR count). The van der Waals surface area contributed by atoms with E-state index in [1.54, 1.807) is 36.4 Å². The van der Waals surface area contributed by atoms with Crippen molar-refractivity contribution in [3.63, 3.8) is 0 Å². The Morgan fingerprint density at radius 1 is 1.08 bits per heavy atom. The lowest BCUT2D eigenvalue weighted by Gasteiger charge is -2.12. The maximum absolute atomic E-state index is 13.4. The number of thioether (sulfide) groups is 1. The molecular weight excluding hydrogens is 598 g/mol. The summed E-state index contributed by atoms with van der Waals surface area (Å²) >= 11 is 13.1. The van der Waals surface area contributed by atoms with E-state index in [0.29, 0.717) is 21.9 Å². The van der Waals surface area contributed by atoms with Crippen molar-refractivity contribution >= 4 is 62.2 Å². The first-order valence-electron chi connectivity index (χ1n) is 11.1. The van der Waals surface area contributed by atoms with Gasteiger partial charge in [0, 0.05) is 22.1 Å². The Labute approximate surface area is 235 Å². The molecule has 0 aliphatic carbocycles. The highest BCUT2D eigenvalue weighted by Crippen LogP contribution is 2.35. The Morgan fingerprint density at radius 3 is 2.56 bits per heavy atom. The molecule has 39 heavy (non-hydrogen) atoms. The Morgan fingerprint density at radius 2 is 1.85 bits per heavy atom. The third-order valence-electron chi connectivity index (χ3n) is 5.37. The van der Waals surface area contributed by atoms with Crippen LogP contribution in [0, 0.1) is 0 Å². The molecule has 3 aromatic carbocycles. The third kappa shape index (κ3) is 7.40. The van der Waals surface area contributed by atoms with Crippen molar-refractivity contribution in [2.45, 2.75) is 11.9 Å². The molecular formula is C25H18Cl2F3N3O4S2. The maximum Gasteiger partial charge on any atom is 0.417 e. The van der Waals surface area contributed by atoms with Gasteiger partial charge < -0.3 is 0 Å². The lowest BCUT2D eigenvalue weighted by Crippen LogP contribution is -2.20. The zero-order valence-corrected chi connectivity index (χ0v) is 22.8. The van der Waals surface area contributed by atoms with E-state index in [-0.39, 0.29) is 28.3 Å². The van der Waals surface area contributed by atoms with Crippen molar-refractivity contribution in [2.75, 3.05) is 11.5 Å². The summed E-state index contributed by atoms with van der Waals surface area (Å²) in [6.07, 6.45) is -3.58. The molecule has 0 saturated carbocycles. The lowest BCUT2D eigenvalue weighted by atomic mass is 10.1. The number of aromatic nitrogens is 2. The van der Waals surface area contributed by atoms with Crippen LogP contribution in [-0.2, 0) is 22.0 Å². The fraction of sp³-hybridized carbons (Fsp3) is 0.160. The van der Waals surface area contributed by atoms with Gasteiger partial charge in [0.2, 0.25) is 0 Å². The number of nitrogens with zero attached hydrogens (tertiary/aromatic N) is 3. The van der Waals surface area contributed by atoms with Crippen LogP contribution in [0.2, 0.25) is 10.0 Å². The zero-order chi connectivity index (χ0) is 28.4. The van der Waals surface area contributed by atoms with Crippen LogP contribution in [0.3, 0.4) is 0 Å². The topological polar surface area (TPSA) is 102 Å². The zero-order valence-electron chi connectivity index (χ0n) is 19.7. The van der Waals surface area contributed by atoms with Gasteiger partial charge in [-0.15, -0.1) is 0 Å². The Kier molecular flexibility index (Phi) is 8.72. The van der Waals surface area contributed by atoms with E-state index in [1.165, 1.54) is 23.9 Å². The van der Waals surface area contributed by atoms with Crippen LogP contribution in [0.4, 0.5) is 13.2 Å². The van der Waals surface area contributed by atoms with Gasteiger partial charge in [-0.25, -0.2) is 4.98 Å². The van der Waals surface area contributed by atoms with E-state index in [1.807, 2.05) is 0 Å². The van der Waals surface area contributed by atoms with Gasteiger partial charge in [-0.2, -0.15) is 43.1 Å². The number of rotatable bonds is 8. The molecule has 0 aliphatic heterocycles. The average molecular weight is 616 g/mol. The standard InChI is InChI=1S/C25H18Cl2F3N3O4S2/c26-18-5-7-22-19(12-18)24(34)33(31-13-15-4-6-21(27)20(11-15)25(28,29)30)23(32-22)17-3-1-2-16(10-17)14-38-8-9-39(35,36)37/h1-7,10-13H,8-9,14H2,(H,35,36,37)/b31-13+. The van der Waals surface area contributed by atoms with E-state index in [2.05, 4.69) is 10.1 Å². The quantitative estimate of drug-likeness (QED) is 0.140. The summed E-state index contributed by atoms with van der Waals surface area (Å²) in [6, 6.07) is 14.8. The smallest absolute Gasteiger partial charge is 0.286 e. The summed E-state index contributed by atoms with van der Waals surface area (Å²) in [5.74, 6) is 0.320. The molecule has 1 aromatic heterocycles. The van der Waals surface area contributed by atoms with Gasteiger partial charge in [0.1, 0.15) is 0 Å². The van der Waals surface area contributed by atoms with Gasteiger partial charge in [0.25, 0.3) is 15.7 Å². The largest absolute Gasteiger partial charge is 0.417 e. The van der Waals surface area contributed by atoms with Gasteiger partial charge >= 0.3 is 6.18 Å². The molecule has 1 heterocycles. The highest BCUT2D eigenvalue weighted by atomic mass is 35.5. The van der Waals surface area contributed by atoms with Crippen molar-refractivity contribution in [3.8, 4) is 11.4 Å². The minimum atomic E-state index is -4.68. The van der Waals surface area contributed by atoms with Crippen LogP contribution in [0.1, 0.15) is 16.7 Å². The minimum Gasteiger partial charge on any atom is -0.286 e. The molecule has 0 amide bonds. The van der Waals surface area contributed by atoms with Crippen LogP contribution >= 0.6 is 35.0 Å². The normalized spacial score (nSPS) is 12.5. The van der Waals surface area contributed by atoms with Gasteiger partial charge in [-0.3, -0.25) is 9.35 Å². The number of hydrogen-bond donors (Lipinski definition) is 1. The lowest BCUT2D eigenvalue weighted by molar-refractivity contribution is -0.137. The van der Waals surface area contributed by atoms with Crippen molar-refractivity contribution in [2.24, 2.45) is 5.10 Å². The van der Waals surface area contributed by atoms with Gasteiger partial charge in [0.15, 0.2) is 5.82 Å². The minimum absolute atomic E-state index is 0.0553. The van der Waals surface area contributed by atoms with E-state index in [4.69, 9.17) is 27.8 Å². The fourth-order valence-electron chi connectivity index (χ4n) is 3.56. The molecule has 0 spiro atoms. The first-order valence-corrected chi connectivity index (χ1v) is 14.6. The third-order valence-corrected chi connectivity index (χ3v) is 7.94. The van der Waals surface area contributed by atoms with Crippen molar-refractivity contribution < 1.29 is 26.1 Å². The second kappa shape index (κ2) is 11.7. The molecule has 0 atom stereocenters. The highest BCUT2D eigenvalue weighted by Gasteiger charge is 2.33. The van der Waals surface area contributed by atoms with Crippen LogP contribution in [0.5, 0.6) is 0 Å². The van der Waals surface area contributed by atoms with Crippen LogP contribution < -0.4 is 5.56 Å². The Hall–Kier alpha value is -2.90. The van der Waals surface area contributed by atoms with Gasteiger partial charge in [-0.1, -0.05) is 47.5 Å². The molecule has 0 bridgehead atoms. The number of halogens is 5. The molecule has 0 unspecified atom stereocenters. The number of alkyl halides is 3. The second-order valence-corrected chi connectivity index (χ2v) is 11.8. The van der Waals surface area contributed by atoms with Crippen LogP contribution in [-0.4, -0.2) is 40.4 Å². The summed E-state index contributed by atoms with van der Waals surface area (Å²) in [5, 5.41) is 4.17. The number of fused-ring (bicyclic) bond motifs is 1. The monoisotopic (exact) mass is 615 g/mol. The number of hydrogen-bond acceptors (Lipinski definition) is 6. The van der Waals surface area contributed by atoms with E-state index < -0.39 is 32.4 Å². The van der Waals surface area contributed by atoms with Crippen molar-refractivity contribution in [3.05, 3.63) is 97.8 Å². The second-order valence-electron chi connectivity index (χ2n) is 8.23. The molecule has 0 saturated heterocycles.